The number of hydrogen-bond acceptors (Lipinski definition) is 4. The third-order valence-corrected chi connectivity index (χ3v) is 3.63. The Morgan fingerprint density at radius 2 is 1.58 bits per heavy atom. The Balaban J connectivity index is 1.83. The molecule has 0 saturated heterocycles. The van der Waals surface area contributed by atoms with Gasteiger partial charge in [-0.15, -0.1) is 0 Å². The number of nitrogens with one attached hydrogen (secondary N) is 2. The van der Waals surface area contributed by atoms with Crippen LogP contribution in [0.2, 0.25) is 0 Å². The first-order valence-electron chi connectivity index (χ1n) is 8.17. The standard InChI is InChI=1S/C19H22N2O5/c1-3-26-16-9-6-14(10-17(16)25-2)12-21-19(24)20-11-13-4-7-15(8-5-13)18(22)23/h4-10H,3,11-12H2,1-2H3,(H,22,23)(H2,20,21,24). The third kappa shape index (κ3) is 5.41. The molecule has 0 unspecified atom stereocenters. The number of carbonyl (C=O) groups excluding carboxylic acids is 1. The highest BCUT2D eigenvalue weighted by Gasteiger charge is 2.07. The predicted molar refractivity (Wildman–Crippen MR) is 96.6 cm³/mol. The zero-order valence-corrected chi connectivity index (χ0v) is 14.7. The zero-order valence-electron chi connectivity index (χ0n) is 14.7. The molecule has 0 bridgehead atoms. The van der Waals surface area contributed by atoms with Crippen LogP contribution in [-0.2, 0) is 13.1 Å². The van der Waals surface area contributed by atoms with Crippen molar-refractivity contribution in [3.8, 4) is 11.5 Å². The van der Waals surface area contributed by atoms with E-state index in [4.69, 9.17) is 14.6 Å². The average Bonchev–Trinajstić information content (AvgIpc) is 2.66. The Bertz CT molecular complexity index is 759. The van der Waals surface area contributed by atoms with E-state index >= 15 is 0 Å². The van der Waals surface area contributed by atoms with Crippen molar-refractivity contribution in [1.82, 2.24) is 10.6 Å². The van der Waals surface area contributed by atoms with Gasteiger partial charge in [-0.25, -0.2) is 9.59 Å². The van der Waals surface area contributed by atoms with Gasteiger partial charge in [0, 0.05) is 13.1 Å². The van der Waals surface area contributed by atoms with E-state index in [0.29, 0.717) is 31.2 Å². The molecule has 26 heavy (non-hydrogen) atoms. The lowest BCUT2D eigenvalue weighted by atomic mass is 10.1. The largest absolute Gasteiger partial charge is 0.493 e. The van der Waals surface area contributed by atoms with E-state index < -0.39 is 5.97 Å². The number of carboxylic acids is 1. The summed E-state index contributed by atoms with van der Waals surface area (Å²) in [6, 6.07) is 11.5. The van der Waals surface area contributed by atoms with E-state index in [1.165, 1.54) is 12.1 Å². The molecule has 0 aliphatic carbocycles. The third-order valence-electron chi connectivity index (χ3n) is 3.63. The maximum absolute atomic E-state index is 11.9. The fourth-order valence-corrected chi connectivity index (χ4v) is 2.29. The average molecular weight is 358 g/mol. The smallest absolute Gasteiger partial charge is 0.335 e. The first kappa shape index (κ1) is 19.1. The number of amides is 2. The highest BCUT2D eigenvalue weighted by Crippen LogP contribution is 2.27. The molecule has 0 heterocycles. The van der Waals surface area contributed by atoms with Crippen LogP contribution in [0.25, 0.3) is 0 Å². The summed E-state index contributed by atoms with van der Waals surface area (Å²) in [6.45, 7) is 3.09. The van der Waals surface area contributed by atoms with E-state index in [-0.39, 0.29) is 11.6 Å². The number of hydrogen-bond donors (Lipinski definition) is 3. The van der Waals surface area contributed by atoms with Crippen molar-refractivity contribution in [3.63, 3.8) is 0 Å². The molecule has 0 aliphatic heterocycles. The van der Waals surface area contributed by atoms with Crippen LogP contribution in [0.3, 0.4) is 0 Å². The van der Waals surface area contributed by atoms with Crippen molar-refractivity contribution in [2.24, 2.45) is 0 Å². The van der Waals surface area contributed by atoms with Crippen LogP contribution in [0.1, 0.15) is 28.4 Å². The lowest BCUT2D eigenvalue weighted by Gasteiger charge is -2.12. The summed E-state index contributed by atoms with van der Waals surface area (Å²) < 4.78 is 10.7. The van der Waals surface area contributed by atoms with Crippen LogP contribution in [0.5, 0.6) is 11.5 Å². The van der Waals surface area contributed by atoms with E-state index in [9.17, 15) is 9.59 Å². The molecule has 2 amide bonds. The molecule has 2 aromatic carbocycles. The van der Waals surface area contributed by atoms with Gasteiger partial charge in [0.15, 0.2) is 11.5 Å². The van der Waals surface area contributed by atoms with Crippen LogP contribution in [-0.4, -0.2) is 30.8 Å². The molecule has 138 valence electrons. The van der Waals surface area contributed by atoms with Gasteiger partial charge in [0.1, 0.15) is 0 Å². The normalized spacial score (nSPS) is 10.1. The highest BCUT2D eigenvalue weighted by molar-refractivity contribution is 5.87. The highest BCUT2D eigenvalue weighted by atomic mass is 16.5. The summed E-state index contributed by atoms with van der Waals surface area (Å²) in [7, 11) is 1.57. The molecule has 2 aromatic rings. The molecule has 2 rings (SSSR count). The van der Waals surface area contributed by atoms with Crippen molar-refractivity contribution in [2.75, 3.05) is 13.7 Å². The number of carboxylic acid groups (broad SMARTS) is 1. The number of carbonyl (C=O) groups is 2. The minimum absolute atomic E-state index is 0.211. The van der Waals surface area contributed by atoms with Gasteiger partial charge < -0.3 is 25.2 Å². The van der Waals surface area contributed by atoms with Crippen molar-refractivity contribution < 1.29 is 24.2 Å². The van der Waals surface area contributed by atoms with E-state index in [1.807, 2.05) is 19.1 Å². The van der Waals surface area contributed by atoms with E-state index in [1.54, 1.807) is 25.3 Å². The number of methoxy groups -OCH3 is 1. The minimum Gasteiger partial charge on any atom is -0.493 e. The summed E-state index contributed by atoms with van der Waals surface area (Å²) in [4.78, 5) is 22.7. The van der Waals surface area contributed by atoms with Crippen LogP contribution in [0.15, 0.2) is 42.5 Å². The summed E-state index contributed by atoms with van der Waals surface area (Å²) in [5, 5.41) is 14.3. The minimum atomic E-state index is -0.979. The Hall–Kier alpha value is -3.22. The van der Waals surface area contributed by atoms with Crippen molar-refractivity contribution in [1.29, 1.82) is 0 Å². The summed E-state index contributed by atoms with van der Waals surface area (Å²) in [6.07, 6.45) is 0. The van der Waals surface area contributed by atoms with Crippen LogP contribution in [0.4, 0.5) is 4.79 Å². The van der Waals surface area contributed by atoms with Gasteiger partial charge in [0.2, 0.25) is 0 Å². The van der Waals surface area contributed by atoms with Crippen LogP contribution >= 0.6 is 0 Å². The molecule has 0 aliphatic rings. The summed E-state index contributed by atoms with van der Waals surface area (Å²) in [5.41, 5.74) is 1.90. The van der Waals surface area contributed by atoms with Crippen molar-refractivity contribution in [3.05, 3.63) is 59.2 Å². The lowest BCUT2D eigenvalue weighted by Crippen LogP contribution is -2.34. The molecular formula is C19H22N2O5. The molecule has 7 nitrogen and oxygen atoms in total. The molecule has 0 radical (unpaired) electrons. The van der Waals surface area contributed by atoms with Gasteiger partial charge in [-0.3, -0.25) is 0 Å². The van der Waals surface area contributed by atoms with Gasteiger partial charge in [0.05, 0.1) is 19.3 Å². The summed E-state index contributed by atoms with van der Waals surface area (Å²) in [5.74, 6) is 0.297. The Morgan fingerprint density at radius 3 is 2.15 bits per heavy atom. The lowest BCUT2D eigenvalue weighted by molar-refractivity contribution is 0.0697. The zero-order chi connectivity index (χ0) is 18.9. The molecule has 0 fully saturated rings. The fraction of sp³-hybridized carbons (Fsp3) is 0.263. The predicted octanol–water partition coefficient (Wildman–Crippen LogP) is 2.79. The van der Waals surface area contributed by atoms with Gasteiger partial charge >= 0.3 is 12.0 Å². The molecule has 0 spiro atoms. The second-order valence-corrected chi connectivity index (χ2v) is 5.46. The van der Waals surface area contributed by atoms with Gasteiger partial charge in [-0.05, 0) is 42.3 Å². The monoisotopic (exact) mass is 358 g/mol. The van der Waals surface area contributed by atoms with E-state index in [2.05, 4.69) is 10.6 Å². The maximum atomic E-state index is 11.9. The second-order valence-electron chi connectivity index (χ2n) is 5.46. The number of rotatable bonds is 8. The number of urea groups is 1. The Kier molecular flexibility index (Phi) is 6.84. The quantitative estimate of drug-likeness (QED) is 0.674. The van der Waals surface area contributed by atoms with E-state index in [0.717, 1.165) is 11.1 Å². The van der Waals surface area contributed by atoms with Crippen molar-refractivity contribution in [2.45, 2.75) is 20.0 Å². The van der Waals surface area contributed by atoms with Crippen LogP contribution < -0.4 is 20.1 Å². The van der Waals surface area contributed by atoms with Crippen LogP contribution in [0, 0.1) is 0 Å². The van der Waals surface area contributed by atoms with Gasteiger partial charge in [0.25, 0.3) is 0 Å². The maximum Gasteiger partial charge on any atom is 0.335 e. The first-order chi connectivity index (χ1) is 12.5. The Morgan fingerprint density at radius 1 is 0.962 bits per heavy atom. The first-order valence-corrected chi connectivity index (χ1v) is 8.17. The summed E-state index contributed by atoms with van der Waals surface area (Å²) >= 11 is 0. The topological polar surface area (TPSA) is 96.9 Å². The molecular weight excluding hydrogens is 336 g/mol. The Labute approximate surface area is 151 Å². The fourth-order valence-electron chi connectivity index (χ4n) is 2.29. The second kappa shape index (κ2) is 9.31. The molecule has 7 heteroatoms. The molecule has 0 saturated carbocycles. The SMILES string of the molecule is CCOc1ccc(CNC(=O)NCc2ccc(C(=O)O)cc2)cc1OC. The van der Waals surface area contributed by atoms with Gasteiger partial charge in [-0.1, -0.05) is 18.2 Å². The van der Waals surface area contributed by atoms with Crippen molar-refractivity contribution >= 4 is 12.0 Å². The molecule has 0 aromatic heterocycles. The number of aromatic carboxylic acids is 1. The number of benzene rings is 2. The molecule has 3 N–H and O–H groups in total. The van der Waals surface area contributed by atoms with Gasteiger partial charge in [-0.2, -0.15) is 0 Å². The number of ether oxygens (including phenoxy) is 2. The molecule has 0 atom stereocenters.